The predicted molar refractivity (Wildman–Crippen MR) is 102 cm³/mol. The fourth-order valence-electron chi connectivity index (χ4n) is 2.38. The molecule has 5 nitrogen and oxygen atoms in total. The van der Waals surface area contributed by atoms with Crippen LogP contribution in [0.4, 0.5) is 0 Å². The standard InChI is InChI=1S/C15H23N3O2S.HI/c1-12-3-5-13(6-4-12)7-9-17-15(16-2)18-14-8-10-21(19,20)11-14;/h3-6,14H,7-11H2,1-2H3,(H2,16,17,18);1H. The maximum Gasteiger partial charge on any atom is 0.191 e. The van der Waals surface area contributed by atoms with E-state index in [1.165, 1.54) is 11.1 Å². The highest BCUT2D eigenvalue weighted by Gasteiger charge is 2.28. The minimum absolute atomic E-state index is 0. The molecule has 1 saturated heterocycles. The molecule has 1 aliphatic rings. The van der Waals surface area contributed by atoms with Crippen molar-refractivity contribution < 1.29 is 8.42 Å². The number of nitrogens with one attached hydrogen (secondary N) is 2. The highest BCUT2D eigenvalue weighted by atomic mass is 127. The van der Waals surface area contributed by atoms with Gasteiger partial charge in [0.2, 0.25) is 0 Å². The number of hydrogen-bond acceptors (Lipinski definition) is 3. The summed E-state index contributed by atoms with van der Waals surface area (Å²) in [6, 6.07) is 8.42. The lowest BCUT2D eigenvalue weighted by atomic mass is 10.1. The quantitative estimate of drug-likeness (QED) is 0.426. The van der Waals surface area contributed by atoms with Crippen LogP contribution in [-0.4, -0.2) is 45.5 Å². The van der Waals surface area contributed by atoms with Gasteiger partial charge in [0, 0.05) is 19.6 Å². The number of guanidine groups is 1. The van der Waals surface area contributed by atoms with Gasteiger partial charge in [0.05, 0.1) is 11.5 Å². The van der Waals surface area contributed by atoms with Gasteiger partial charge >= 0.3 is 0 Å². The molecule has 1 fully saturated rings. The van der Waals surface area contributed by atoms with E-state index < -0.39 is 9.84 Å². The van der Waals surface area contributed by atoms with E-state index in [0.29, 0.717) is 12.4 Å². The Labute approximate surface area is 149 Å². The number of aliphatic imine (C=N–C) groups is 1. The zero-order valence-electron chi connectivity index (χ0n) is 13.0. The zero-order chi connectivity index (χ0) is 15.3. The Balaban J connectivity index is 0.00000242. The molecule has 0 spiro atoms. The lowest BCUT2D eigenvalue weighted by Gasteiger charge is -2.16. The van der Waals surface area contributed by atoms with Gasteiger partial charge in [-0.3, -0.25) is 4.99 Å². The highest BCUT2D eigenvalue weighted by molar-refractivity contribution is 14.0. The van der Waals surface area contributed by atoms with Gasteiger partial charge in [-0.25, -0.2) is 8.42 Å². The SMILES string of the molecule is CN=C(NCCc1ccc(C)cc1)NC1CCS(=O)(=O)C1.I. The molecule has 1 atom stereocenters. The molecule has 124 valence electrons. The number of aryl methyl sites for hydroxylation is 1. The molecule has 1 aromatic rings. The first-order valence-corrected chi connectivity index (χ1v) is 9.04. The molecule has 0 bridgehead atoms. The molecule has 0 amide bonds. The summed E-state index contributed by atoms with van der Waals surface area (Å²) in [7, 11) is -1.16. The Kier molecular flexibility index (Phi) is 7.61. The lowest BCUT2D eigenvalue weighted by Crippen LogP contribution is -2.44. The van der Waals surface area contributed by atoms with E-state index in [9.17, 15) is 8.42 Å². The summed E-state index contributed by atoms with van der Waals surface area (Å²) >= 11 is 0. The maximum atomic E-state index is 11.4. The lowest BCUT2D eigenvalue weighted by molar-refractivity contribution is 0.599. The van der Waals surface area contributed by atoms with E-state index in [-0.39, 0.29) is 41.5 Å². The first-order valence-electron chi connectivity index (χ1n) is 7.22. The van der Waals surface area contributed by atoms with Crippen LogP contribution in [0.15, 0.2) is 29.3 Å². The molecular formula is C15H24IN3O2S. The van der Waals surface area contributed by atoms with Crippen molar-refractivity contribution in [2.45, 2.75) is 25.8 Å². The van der Waals surface area contributed by atoms with E-state index >= 15 is 0 Å². The van der Waals surface area contributed by atoms with Gasteiger partial charge in [-0.1, -0.05) is 29.8 Å². The Hall–Kier alpha value is -0.830. The zero-order valence-corrected chi connectivity index (χ0v) is 16.1. The number of rotatable bonds is 4. The smallest absolute Gasteiger partial charge is 0.191 e. The molecule has 1 aliphatic heterocycles. The van der Waals surface area contributed by atoms with E-state index in [1.807, 2.05) is 0 Å². The predicted octanol–water partition coefficient (Wildman–Crippen LogP) is 1.51. The van der Waals surface area contributed by atoms with Crippen LogP contribution in [0, 0.1) is 6.92 Å². The Morgan fingerprint density at radius 3 is 2.55 bits per heavy atom. The highest BCUT2D eigenvalue weighted by Crippen LogP contribution is 2.10. The van der Waals surface area contributed by atoms with Crippen LogP contribution in [0.2, 0.25) is 0 Å². The number of halogens is 1. The monoisotopic (exact) mass is 437 g/mol. The van der Waals surface area contributed by atoms with Gasteiger partial charge in [-0.2, -0.15) is 0 Å². The van der Waals surface area contributed by atoms with Crippen LogP contribution >= 0.6 is 24.0 Å². The van der Waals surface area contributed by atoms with Crippen LogP contribution in [0.3, 0.4) is 0 Å². The Morgan fingerprint density at radius 2 is 2.00 bits per heavy atom. The molecule has 7 heteroatoms. The molecule has 1 aromatic carbocycles. The second kappa shape index (κ2) is 8.71. The molecule has 0 aromatic heterocycles. The molecule has 1 unspecified atom stereocenters. The normalized spacial score (nSPS) is 20.3. The van der Waals surface area contributed by atoms with Gasteiger partial charge in [0.25, 0.3) is 0 Å². The summed E-state index contributed by atoms with van der Waals surface area (Å²) < 4.78 is 22.9. The summed E-state index contributed by atoms with van der Waals surface area (Å²) in [4.78, 5) is 4.14. The minimum Gasteiger partial charge on any atom is -0.356 e. The van der Waals surface area contributed by atoms with Crippen LogP contribution in [0.1, 0.15) is 17.5 Å². The summed E-state index contributed by atoms with van der Waals surface area (Å²) in [6.45, 7) is 2.84. The number of nitrogens with zero attached hydrogens (tertiary/aromatic N) is 1. The largest absolute Gasteiger partial charge is 0.356 e. The Bertz CT molecular complexity index is 600. The van der Waals surface area contributed by atoms with Crippen molar-refractivity contribution in [1.29, 1.82) is 0 Å². The van der Waals surface area contributed by atoms with Crippen LogP contribution in [0.25, 0.3) is 0 Å². The summed E-state index contributed by atoms with van der Waals surface area (Å²) in [6.07, 6.45) is 1.56. The summed E-state index contributed by atoms with van der Waals surface area (Å²) in [5.74, 6) is 1.14. The minimum atomic E-state index is -2.86. The van der Waals surface area contributed by atoms with Gasteiger partial charge in [-0.15, -0.1) is 24.0 Å². The van der Waals surface area contributed by atoms with Crippen molar-refractivity contribution in [3.8, 4) is 0 Å². The van der Waals surface area contributed by atoms with Crippen LogP contribution in [0.5, 0.6) is 0 Å². The first kappa shape index (κ1) is 19.2. The fraction of sp³-hybridized carbons (Fsp3) is 0.533. The second-order valence-electron chi connectivity index (χ2n) is 5.48. The van der Waals surface area contributed by atoms with Crippen molar-refractivity contribution in [3.05, 3.63) is 35.4 Å². The van der Waals surface area contributed by atoms with Crippen molar-refractivity contribution in [3.63, 3.8) is 0 Å². The van der Waals surface area contributed by atoms with Gasteiger partial charge in [0.15, 0.2) is 15.8 Å². The Morgan fingerprint density at radius 1 is 1.32 bits per heavy atom. The molecule has 0 aliphatic carbocycles. The average molecular weight is 437 g/mol. The summed E-state index contributed by atoms with van der Waals surface area (Å²) in [5, 5.41) is 6.41. The average Bonchev–Trinajstić information content (AvgIpc) is 2.79. The maximum absolute atomic E-state index is 11.4. The summed E-state index contributed by atoms with van der Waals surface area (Å²) in [5.41, 5.74) is 2.53. The van der Waals surface area contributed by atoms with Crippen molar-refractivity contribution in [2.75, 3.05) is 25.1 Å². The van der Waals surface area contributed by atoms with E-state index in [1.54, 1.807) is 7.05 Å². The van der Waals surface area contributed by atoms with Crippen molar-refractivity contribution in [2.24, 2.45) is 4.99 Å². The third-order valence-corrected chi connectivity index (χ3v) is 5.39. The number of hydrogen-bond donors (Lipinski definition) is 2. The van der Waals surface area contributed by atoms with E-state index in [4.69, 9.17) is 0 Å². The van der Waals surface area contributed by atoms with Crippen LogP contribution < -0.4 is 10.6 Å². The number of benzene rings is 1. The first-order chi connectivity index (χ1) is 9.98. The molecule has 0 radical (unpaired) electrons. The topological polar surface area (TPSA) is 70.6 Å². The van der Waals surface area contributed by atoms with Gasteiger partial charge in [0.1, 0.15) is 0 Å². The molecule has 0 saturated carbocycles. The van der Waals surface area contributed by atoms with Gasteiger partial charge in [-0.05, 0) is 25.3 Å². The molecule has 2 N–H and O–H groups in total. The molecule has 1 heterocycles. The third-order valence-electron chi connectivity index (χ3n) is 3.62. The van der Waals surface area contributed by atoms with E-state index in [2.05, 4.69) is 46.8 Å². The van der Waals surface area contributed by atoms with Crippen LogP contribution in [-0.2, 0) is 16.3 Å². The molecular weight excluding hydrogens is 413 g/mol. The van der Waals surface area contributed by atoms with Crippen molar-refractivity contribution >= 4 is 39.8 Å². The van der Waals surface area contributed by atoms with Crippen molar-refractivity contribution in [1.82, 2.24) is 10.6 Å². The fourth-order valence-corrected chi connectivity index (χ4v) is 4.05. The van der Waals surface area contributed by atoms with Gasteiger partial charge < -0.3 is 10.6 Å². The third kappa shape index (κ3) is 6.12. The second-order valence-corrected chi connectivity index (χ2v) is 7.71. The van der Waals surface area contributed by atoms with E-state index in [0.717, 1.165) is 13.0 Å². The molecule has 22 heavy (non-hydrogen) atoms. The molecule has 2 rings (SSSR count). The number of sulfone groups is 1.